The molecule has 0 saturated heterocycles. The fourth-order valence-corrected chi connectivity index (χ4v) is 2.33. The molecule has 2 N–H and O–H groups in total. The molecule has 1 aromatic carbocycles. The number of nitrogens with two attached hydrogens (primary N) is 1. The van der Waals surface area contributed by atoms with Crippen LogP contribution in [0.2, 0.25) is 0 Å². The number of anilines is 1. The molecule has 0 aliphatic carbocycles. The molecule has 0 aliphatic heterocycles. The summed E-state index contributed by atoms with van der Waals surface area (Å²) in [5, 5.41) is 0. The largest absolute Gasteiger partial charge is 0.493 e. The van der Waals surface area contributed by atoms with E-state index in [0.29, 0.717) is 13.2 Å². The maximum Gasteiger partial charge on any atom is 0.119 e. The van der Waals surface area contributed by atoms with Crippen LogP contribution in [-0.4, -0.2) is 31.0 Å². The maximum absolute atomic E-state index is 6.06. The first-order chi connectivity index (χ1) is 12.2. The van der Waals surface area contributed by atoms with E-state index in [4.69, 9.17) is 19.9 Å². The second-order valence-corrected chi connectivity index (χ2v) is 7.66. The number of nitrogen functional groups attached to an aromatic ring is 1. The Morgan fingerprint density at radius 3 is 2.08 bits per heavy atom. The van der Waals surface area contributed by atoms with E-state index >= 15 is 0 Å². The zero-order valence-electron chi connectivity index (χ0n) is 17.1. The molecule has 0 heterocycles. The van der Waals surface area contributed by atoms with Gasteiger partial charge in [-0.2, -0.15) is 0 Å². The van der Waals surface area contributed by atoms with E-state index in [1.807, 2.05) is 31.2 Å². The molecule has 0 aliphatic rings. The summed E-state index contributed by atoms with van der Waals surface area (Å²) in [6.45, 7) is 12.3. The standard InChI is InChI=1S/C22H35NO3/c1-6-7-8-9-16-25-22(4,5)15-18-26-21(2,3)14-17-24-20-12-10-19(23)11-13-20/h10-13H,8-9,14-18,23H2,1-5H3. The second-order valence-electron chi connectivity index (χ2n) is 7.66. The zero-order valence-corrected chi connectivity index (χ0v) is 17.1. The third-order valence-electron chi connectivity index (χ3n) is 4.17. The van der Waals surface area contributed by atoms with Gasteiger partial charge in [-0.25, -0.2) is 0 Å². The molecule has 0 amide bonds. The fourth-order valence-electron chi connectivity index (χ4n) is 2.33. The molecule has 0 fully saturated rings. The molecule has 0 spiro atoms. The van der Waals surface area contributed by atoms with Crippen LogP contribution in [0.5, 0.6) is 5.75 Å². The van der Waals surface area contributed by atoms with Gasteiger partial charge >= 0.3 is 0 Å². The highest BCUT2D eigenvalue weighted by molar-refractivity contribution is 5.41. The number of benzene rings is 1. The summed E-state index contributed by atoms with van der Waals surface area (Å²) in [5.74, 6) is 6.79. The van der Waals surface area contributed by atoms with Crippen LogP contribution in [-0.2, 0) is 9.47 Å². The van der Waals surface area contributed by atoms with Crippen molar-refractivity contribution < 1.29 is 14.2 Å². The van der Waals surface area contributed by atoms with E-state index in [9.17, 15) is 0 Å². The minimum Gasteiger partial charge on any atom is -0.493 e. The Hall–Kier alpha value is -1.70. The van der Waals surface area contributed by atoms with Crippen molar-refractivity contribution in [3.63, 3.8) is 0 Å². The summed E-state index contributed by atoms with van der Waals surface area (Å²) >= 11 is 0. The second kappa shape index (κ2) is 11.1. The van der Waals surface area contributed by atoms with Crippen LogP contribution >= 0.6 is 0 Å². The third kappa shape index (κ3) is 10.3. The topological polar surface area (TPSA) is 53.7 Å². The molecular weight excluding hydrogens is 326 g/mol. The molecule has 0 saturated carbocycles. The molecule has 0 bridgehead atoms. The van der Waals surface area contributed by atoms with E-state index in [2.05, 4.69) is 39.5 Å². The minimum absolute atomic E-state index is 0.184. The number of rotatable bonds is 12. The Morgan fingerprint density at radius 1 is 0.885 bits per heavy atom. The summed E-state index contributed by atoms with van der Waals surface area (Å²) in [7, 11) is 0. The Morgan fingerprint density at radius 2 is 1.46 bits per heavy atom. The maximum atomic E-state index is 6.06. The smallest absolute Gasteiger partial charge is 0.119 e. The van der Waals surface area contributed by atoms with Crippen molar-refractivity contribution >= 4 is 5.69 Å². The Kier molecular flexibility index (Phi) is 9.54. The highest BCUT2D eigenvalue weighted by Gasteiger charge is 2.22. The van der Waals surface area contributed by atoms with Crippen LogP contribution in [0, 0.1) is 11.8 Å². The summed E-state index contributed by atoms with van der Waals surface area (Å²) in [5.41, 5.74) is 5.99. The summed E-state index contributed by atoms with van der Waals surface area (Å²) < 4.78 is 17.8. The van der Waals surface area contributed by atoms with Crippen molar-refractivity contribution in [3.8, 4) is 17.6 Å². The molecule has 1 rings (SSSR count). The van der Waals surface area contributed by atoms with Crippen LogP contribution in [0.4, 0.5) is 5.69 Å². The van der Waals surface area contributed by atoms with Gasteiger partial charge < -0.3 is 19.9 Å². The number of unbranched alkanes of at least 4 members (excludes halogenated alkanes) is 1. The van der Waals surface area contributed by atoms with Gasteiger partial charge in [0.15, 0.2) is 0 Å². The van der Waals surface area contributed by atoms with Crippen molar-refractivity contribution in [2.75, 3.05) is 25.6 Å². The van der Waals surface area contributed by atoms with Gasteiger partial charge in [0.25, 0.3) is 0 Å². The lowest BCUT2D eigenvalue weighted by molar-refractivity contribution is -0.0770. The van der Waals surface area contributed by atoms with Crippen molar-refractivity contribution in [1.29, 1.82) is 0 Å². The van der Waals surface area contributed by atoms with E-state index < -0.39 is 0 Å². The Labute approximate surface area is 159 Å². The molecule has 4 heteroatoms. The molecule has 26 heavy (non-hydrogen) atoms. The molecule has 0 atom stereocenters. The third-order valence-corrected chi connectivity index (χ3v) is 4.17. The van der Waals surface area contributed by atoms with Crippen molar-refractivity contribution in [1.82, 2.24) is 0 Å². The first-order valence-corrected chi connectivity index (χ1v) is 9.40. The van der Waals surface area contributed by atoms with Gasteiger partial charge in [-0.3, -0.25) is 0 Å². The summed E-state index contributed by atoms with van der Waals surface area (Å²) in [4.78, 5) is 0. The van der Waals surface area contributed by atoms with Crippen LogP contribution in [0.15, 0.2) is 24.3 Å². The van der Waals surface area contributed by atoms with E-state index in [1.54, 1.807) is 0 Å². The molecule has 146 valence electrons. The first kappa shape index (κ1) is 22.3. The summed E-state index contributed by atoms with van der Waals surface area (Å²) in [6, 6.07) is 7.45. The fraction of sp³-hybridized carbons (Fsp3) is 0.636. The Balaban J connectivity index is 2.22. The van der Waals surface area contributed by atoms with Gasteiger partial charge in [-0.15, -0.1) is 11.8 Å². The predicted octanol–water partition coefficient (Wildman–Crippen LogP) is 4.82. The quantitative estimate of drug-likeness (QED) is 0.329. The first-order valence-electron chi connectivity index (χ1n) is 9.40. The van der Waals surface area contributed by atoms with Crippen molar-refractivity contribution in [3.05, 3.63) is 24.3 Å². The van der Waals surface area contributed by atoms with Gasteiger partial charge in [0, 0.05) is 25.1 Å². The van der Waals surface area contributed by atoms with E-state index in [-0.39, 0.29) is 11.2 Å². The van der Waals surface area contributed by atoms with Gasteiger partial charge in [0.1, 0.15) is 5.75 Å². The van der Waals surface area contributed by atoms with Gasteiger partial charge in [0.05, 0.1) is 24.4 Å². The van der Waals surface area contributed by atoms with Crippen LogP contribution in [0.3, 0.4) is 0 Å². The molecule has 1 aromatic rings. The molecule has 0 unspecified atom stereocenters. The lowest BCUT2D eigenvalue weighted by Gasteiger charge is -2.29. The van der Waals surface area contributed by atoms with Gasteiger partial charge in [0.2, 0.25) is 0 Å². The van der Waals surface area contributed by atoms with E-state index in [0.717, 1.165) is 43.7 Å². The SMILES string of the molecule is CC#CCCCOC(C)(C)CCOC(C)(C)CCOc1ccc(N)cc1. The van der Waals surface area contributed by atoms with Crippen molar-refractivity contribution in [2.24, 2.45) is 0 Å². The van der Waals surface area contributed by atoms with Crippen molar-refractivity contribution in [2.45, 2.75) is 71.5 Å². The molecule has 4 nitrogen and oxygen atoms in total. The predicted molar refractivity (Wildman–Crippen MR) is 108 cm³/mol. The zero-order chi connectivity index (χ0) is 19.5. The lowest BCUT2D eigenvalue weighted by atomic mass is 10.0. The van der Waals surface area contributed by atoms with Gasteiger partial charge in [-0.1, -0.05) is 0 Å². The van der Waals surface area contributed by atoms with Crippen LogP contribution < -0.4 is 10.5 Å². The highest BCUT2D eigenvalue weighted by atomic mass is 16.5. The Bertz CT molecular complexity index is 567. The minimum atomic E-state index is -0.236. The lowest BCUT2D eigenvalue weighted by Crippen LogP contribution is -2.32. The van der Waals surface area contributed by atoms with Crippen LogP contribution in [0.25, 0.3) is 0 Å². The molecular formula is C22H35NO3. The summed E-state index contributed by atoms with van der Waals surface area (Å²) in [6.07, 6.45) is 3.53. The van der Waals surface area contributed by atoms with E-state index in [1.165, 1.54) is 0 Å². The monoisotopic (exact) mass is 361 g/mol. The number of hydrogen-bond donors (Lipinski definition) is 1. The van der Waals surface area contributed by atoms with Crippen LogP contribution in [0.1, 0.15) is 60.3 Å². The average Bonchev–Trinajstić information content (AvgIpc) is 2.56. The molecule has 0 aromatic heterocycles. The average molecular weight is 362 g/mol. The molecule has 0 radical (unpaired) electrons. The normalized spacial score (nSPS) is 11.7. The number of ether oxygens (including phenoxy) is 3. The number of hydrogen-bond acceptors (Lipinski definition) is 4. The highest BCUT2D eigenvalue weighted by Crippen LogP contribution is 2.21. The van der Waals surface area contributed by atoms with Gasteiger partial charge in [-0.05, 0) is 71.7 Å².